The Bertz CT molecular complexity index is 1520. The summed E-state index contributed by atoms with van der Waals surface area (Å²) in [5, 5.41) is 1.84. The molecular weight excluding hydrogens is 545 g/mol. The van der Waals surface area contributed by atoms with Crippen LogP contribution in [0.4, 0.5) is 17.6 Å². The van der Waals surface area contributed by atoms with Gasteiger partial charge in [-0.1, -0.05) is 67.8 Å². The minimum Gasteiger partial charge on any atom is -0.331 e. The smallest absolute Gasteiger partial charge is 0.331 e. The molecule has 0 spiro atoms. The fourth-order valence-corrected chi connectivity index (χ4v) is 6.89. The highest BCUT2D eigenvalue weighted by molar-refractivity contribution is 7.34. The van der Waals surface area contributed by atoms with Crippen molar-refractivity contribution in [1.82, 2.24) is 4.90 Å². The van der Waals surface area contributed by atoms with E-state index in [0.29, 0.717) is 21.6 Å². The van der Waals surface area contributed by atoms with Gasteiger partial charge in [0.2, 0.25) is 0 Å². The Balaban J connectivity index is 1.47. The van der Waals surface area contributed by atoms with E-state index in [1.165, 1.54) is 29.5 Å². The zero-order valence-corrected chi connectivity index (χ0v) is 22.9. The van der Waals surface area contributed by atoms with Gasteiger partial charge in [0.1, 0.15) is 10.7 Å². The van der Waals surface area contributed by atoms with Crippen molar-refractivity contribution in [1.29, 1.82) is 0 Å². The van der Waals surface area contributed by atoms with Gasteiger partial charge in [0.05, 0.1) is 0 Å². The first kappa shape index (κ1) is 27.5. The summed E-state index contributed by atoms with van der Waals surface area (Å²) in [4.78, 5) is 27.9. The van der Waals surface area contributed by atoms with Crippen molar-refractivity contribution in [3.05, 3.63) is 88.6 Å². The molecule has 1 fully saturated rings. The van der Waals surface area contributed by atoms with Crippen LogP contribution in [0.5, 0.6) is 0 Å². The van der Waals surface area contributed by atoms with Crippen molar-refractivity contribution in [3.63, 3.8) is 0 Å². The van der Waals surface area contributed by atoms with E-state index in [9.17, 15) is 22.8 Å². The van der Waals surface area contributed by atoms with Crippen LogP contribution in [0, 0.1) is 5.82 Å². The Hall–Kier alpha value is -3.09. The minimum absolute atomic E-state index is 0.0171. The van der Waals surface area contributed by atoms with Gasteiger partial charge in [-0.05, 0) is 42.2 Å². The minimum atomic E-state index is -4.95. The van der Waals surface area contributed by atoms with Gasteiger partial charge < -0.3 is 4.90 Å². The van der Waals surface area contributed by atoms with E-state index in [2.05, 4.69) is 9.24 Å². The number of hydrogen-bond acceptors (Lipinski definition) is 3. The number of halogens is 4. The number of benzene rings is 3. The summed E-state index contributed by atoms with van der Waals surface area (Å²) in [6.45, 7) is 0.0756. The second-order valence-electron chi connectivity index (χ2n) is 9.78. The third-order valence-corrected chi connectivity index (χ3v) is 9.21. The molecule has 0 saturated heterocycles. The first-order valence-corrected chi connectivity index (χ1v) is 14.1. The fraction of sp³-hybridized carbons (Fsp3) is 0.267. The van der Waals surface area contributed by atoms with Crippen molar-refractivity contribution in [2.75, 3.05) is 0 Å². The number of nitrogens with zero attached hydrogens (tertiary/aromatic N) is 1. The number of Topliss-reactive ketones (excluding diaryl/α,β-unsaturated/α-hetero) is 1. The first-order valence-electron chi connectivity index (χ1n) is 12.7. The number of hydrogen-bond donors (Lipinski definition) is 0. The molecule has 0 aliphatic heterocycles. The van der Waals surface area contributed by atoms with Gasteiger partial charge >= 0.3 is 6.18 Å². The lowest BCUT2D eigenvalue weighted by Crippen LogP contribution is -2.41. The molecule has 3 nitrogen and oxygen atoms in total. The zero-order valence-electron chi connectivity index (χ0n) is 20.9. The maximum Gasteiger partial charge on any atom is 0.454 e. The van der Waals surface area contributed by atoms with Gasteiger partial charge in [-0.2, -0.15) is 13.2 Å². The molecule has 1 heterocycles. The molecule has 5 rings (SSSR count). The Morgan fingerprint density at radius 2 is 1.59 bits per heavy atom. The molecule has 1 unspecified atom stereocenters. The van der Waals surface area contributed by atoms with Crippen molar-refractivity contribution in [3.8, 4) is 11.1 Å². The van der Waals surface area contributed by atoms with Crippen LogP contribution in [-0.4, -0.2) is 28.8 Å². The van der Waals surface area contributed by atoms with Crippen LogP contribution in [-0.2, 0) is 6.54 Å². The maximum atomic E-state index is 15.1. The molecule has 0 bridgehead atoms. The van der Waals surface area contributed by atoms with Gasteiger partial charge in [0.15, 0.2) is 0 Å². The quantitative estimate of drug-likeness (QED) is 0.134. The van der Waals surface area contributed by atoms with Crippen LogP contribution in [0.2, 0.25) is 0 Å². The molecule has 39 heavy (non-hydrogen) atoms. The van der Waals surface area contributed by atoms with E-state index >= 15 is 4.39 Å². The van der Waals surface area contributed by atoms with Gasteiger partial charge in [0, 0.05) is 39.1 Å². The van der Waals surface area contributed by atoms with Crippen LogP contribution in [0.1, 0.15) is 57.7 Å². The van der Waals surface area contributed by atoms with Gasteiger partial charge in [-0.25, -0.2) is 4.39 Å². The summed E-state index contributed by atoms with van der Waals surface area (Å²) in [5.74, 6) is -2.50. The van der Waals surface area contributed by atoms with E-state index < -0.39 is 23.3 Å². The molecule has 1 aromatic heterocycles. The number of carbonyl (C=O) groups excluding carboxylic acids is 2. The summed E-state index contributed by atoms with van der Waals surface area (Å²) in [5.41, 5.74) is 0.997. The summed E-state index contributed by atoms with van der Waals surface area (Å²) < 4.78 is 54.5. The van der Waals surface area contributed by atoms with Crippen LogP contribution < -0.4 is 5.30 Å². The van der Waals surface area contributed by atoms with Gasteiger partial charge in [0.25, 0.3) is 11.7 Å². The number of thiophene rings is 1. The lowest BCUT2D eigenvalue weighted by Gasteiger charge is -2.34. The topological polar surface area (TPSA) is 37.4 Å². The monoisotopic (exact) mass is 571 g/mol. The molecule has 3 aromatic carbocycles. The van der Waals surface area contributed by atoms with Crippen molar-refractivity contribution < 1.29 is 27.2 Å². The Morgan fingerprint density at radius 1 is 0.923 bits per heavy atom. The summed E-state index contributed by atoms with van der Waals surface area (Å²) in [7, 11) is 2.68. The molecule has 0 N–H and O–H groups in total. The van der Waals surface area contributed by atoms with Crippen LogP contribution in [0.25, 0.3) is 21.2 Å². The zero-order chi connectivity index (χ0) is 27.7. The molecule has 1 atom stereocenters. The normalized spacial score (nSPS) is 14.5. The Kier molecular flexibility index (Phi) is 7.88. The van der Waals surface area contributed by atoms with Crippen LogP contribution in [0.15, 0.2) is 66.7 Å². The molecule has 1 amide bonds. The fourth-order valence-electron chi connectivity index (χ4n) is 5.15. The molecule has 4 aromatic rings. The van der Waals surface area contributed by atoms with E-state index in [0.717, 1.165) is 59.6 Å². The molecule has 9 heteroatoms. The molecule has 202 valence electrons. The summed E-state index contributed by atoms with van der Waals surface area (Å²) in [6.07, 6.45) is -0.157. The third kappa shape index (κ3) is 5.78. The molecule has 1 aliphatic rings. The largest absolute Gasteiger partial charge is 0.454 e. The van der Waals surface area contributed by atoms with Gasteiger partial charge in [-0.15, -0.1) is 20.6 Å². The van der Waals surface area contributed by atoms with Crippen molar-refractivity contribution >= 4 is 47.7 Å². The number of amides is 1. The van der Waals surface area contributed by atoms with E-state index in [-0.39, 0.29) is 18.5 Å². The Labute approximate surface area is 230 Å². The highest BCUT2D eigenvalue weighted by Crippen LogP contribution is 2.32. The number of carbonyl (C=O) groups is 2. The summed E-state index contributed by atoms with van der Waals surface area (Å²) >= 11 is 1.43. The Morgan fingerprint density at radius 3 is 2.26 bits per heavy atom. The second kappa shape index (κ2) is 11.2. The first-order chi connectivity index (χ1) is 18.6. The summed E-state index contributed by atoms with van der Waals surface area (Å²) in [6, 6.07) is 17.4. The number of fused-ring (bicyclic) bond motifs is 1. The highest BCUT2D eigenvalue weighted by Gasteiger charge is 2.39. The van der Waals surface area contributed by atoms with E-state index in [4.69, 9.17) is 0 Å². The number of rotatable bonds is 6. The van der Waals surface area contributed by atoms with Crippen molar-refractivity contribution in [2.24, 2.45) is 0 Å². The molecule has 1 aliphatic carbocycles. The van der Waals surface area contributed by atoms with E-state index in [1.807, 2.05) is 24.3 Å². The molecule has 1 saturated carbocycles. The predicted molar refractivity (Wildman–Crippen MR) is 150 cm³/mol. The number of ketones is 1. The molecule has 0 radical (unpaired) electrons. The lowest BCUT2D eigenvalue weighted by atomic mass is 9.93. The molecular formula is C30H26F4NO2PS. The average molecular weight is 572 g/mol. The second-order valence-corrected chi connectivity index (χ2v) is 11.4. The number of alkyl halides is 3. The van der Waals surface area contributed by atoms with Gasteiger partial charge in [-0.3, -0.25) is 9.59 Å². The lowest BCUT2D eigenvalue weighted by molar-refractivity contribution is -0.0885. The SMILES string of the molecule is O=C(c1sc2ccccc2c1P)N(Cc1cc(-c2ccc(C(=O)C(F)(F)F)cc2)ccc1F)C1CCCCC1. The third-order valence-electron chi connectivity index (χ3n) is 7.23. The van der Waals surface area contributed by atoms with Crippen molar-refractivity contribution in [2.45, 2.75) is 50.9 Å². The van der Waals surface area contributed by atoms with E-state index in [1.54, 1.807) is 17.0 Å². The average Bonchev–Trinajstić information content (AvgIpc) is 3.28. The van der Waals surface area contributed by atoms with Crippen LogP contribution in [0.3, 0.4) is 0 Å². The standard InChI is InChI=1S/C30H26F4NO2PS/c31-24-15-14-20(18-10-12-19(13-11-18)28(36)30(32,33)34)16-21(24)17-35(22-6-2-1-3-7-22)29(37)27-26(38)23-8-4-5-9-25(23)39-27/h4-5,8-16,22H,1-3,6-7,17,38H2. The highest BCUT2D eigenvalue weighted by atomic mass is 32.1. The van der Waals surface area contributed by atoms with Crippen LogP contribution >= 0.6 is 20.6 Å². The predicted octanol–water partition coefficient (Wildman–Crippen LogP) is 7.93. The maximum absolute atomic E-state index is 15.1.